The van der Waals surface area contributed by atoms with Gasteiger partial charge in [0.2, 0.25) is 0 Å². The van der Waals surface area contributed by atoms with Crippen LogP contribution in [0, 0.1) is 12.3 Å². The van der Waals surface area contributed by atoms with E-state index in [0.717, 1.165) is 42.3 Å². The number of aryl methyl sites for hydroxylation is 1. The molecule has 1 rings (SSSR count). The van der Waals surface area contributed by atoms with Crippen LogP contribution in [-0.2, 0) is 11.2 Å². The lowest BCUT2D eigenvalue weighted by molar-refractivity contribution is 0.00859. The zero-order valence-corrected chi connectivity index (χ0v) is 14.0. The third kappa shape index (κ3) is 3.92. The second-order valence-corrected chi connectivity index (χ2v) is 6.26. The topological polar surface area (TPSA) is 47.0 Å². The smallest absolute Gasteiger partial charge is 0.160 e. The van der Waals surface area contributed by atoms with Crippen LogP contribution in [0.1, 0.15) is 64.2 Å². The molecule has 0 fully saturated rings. The third-order valence-corrected chi connectivity index (χ3v) is 3.40. The fourth-order valence-corrected chi connectivity index (χ4v) is 2.31. The van der Waals surface area contributed by atoms with Crippen molar-refractivity contribution in [1.29, 1.82) is 0 Å². The van der Waals surface area contributed by atoms with Crippen molar-refractivity contribution in [2.24, 2.45) is 5.41 Å². The van der Waals surface area contributed by atoms with Crippen LogP contribution in [0.3, 0.4) is 0 Å². The Morgan fingerprint density at radius 1 is 1.20 bits per heavy atom. The van der Waals surface area contributed by atoms with E-state index in [1.165, 1.54) is 0 Å². The van der Waals surface area contributed by atoms with Gasteiger partial charge in [-0.2, -0.15) is 0 Å². The Balaban J connectivity index is 3.25. The molecule has 0 saturated heterocycles. The van der Waals surface area contributed by atoms with E-state index in [0.29, 0.717) is 0 Å². The van der Waals surface area contributed by atoms with E-state index < -0.39 is 0 Å². The SMILES string of the molecule is CCCNc1nc(C(OC)C(C)(C)C)nc(CC)c1C. The molecule has 1 aromatic heterocycles. The summed E-state index contributed by atoms with van der Waals surface area (Å²) in [6, 6.07) is 0. The van der Waals surface area contributed by atoms with Crippen LogP contribution in [0.15, 0.2) is 0 Å². The molecule has 1 N–H and O–H groups in total. The molecule has 0 saturated carbocycles. The molecule has 0 aromatic carbocycles. The number of rotatable bonds is 6. The van der Waals surface area contributed by atoms with Gasteiger partial charge in [-0.25, -0.2) is 9.97 Å². The van der Waals surface area contributed by atoms with Crippen LogP contribution >= 0.6 is 0 Å². The lowest BCUT2D eigenvalue weighted by Crippen LogP contribution is -2.24. The third-order valence-electron chi connectivity index (χ3n) is 3.40. The predicted molar refractivity (Wildman–Crippen MR) is 84.1 cm³/mol. The molecule has 4 heteroatoms. The summed E-state index contributed by atoms with van der Waals surface area (Å²) in [5.41, 5.74) is 2.21. The van der Waals surface area contributed by atoms with E-state index in [4.69, 9.17) is 14.7 Å². The fourth-order valence-electron chi connectivity index (χ4n) is 2.31. The first-order valence-electron chi connectivity index (χ1n) is 7.49. The lowest BCUT2D eigenvalue weighted by atomic mass is 9.88. The van der Waals surface area contributed by atoms with Gasteiger partial charge in [0.15, 0.2) is 5.82 Å². The fraction of sp³-hybridized carbons (Fsp3) is 0.750. The standard InChI is InChI=1S/C16H29N3O/c1-8-10-17-14-11(3)12(9-2)18-15(19-14)13(20-7)16(4,5)6/h13H,8-10H2,1-7H3,(H,17,18,19). The van der Waals surface area contributed by atoms with Gasteiger partial charge in [-0.05, 0) is 25.2 Å². The molecule has 0 bridgehead atoms. The van der Waals surface area contributed by atoms with Crippen molar-refractivity contribution in [2.75, 3.05) is 19.0 Å². The van der Waals surface area contributed by atoms with Crippen molar-refractivity contribution in [3.05, 3.63) is 17.1 Å². The van der Waals surface area contributed by atoms with E-state index in [-0.39, 0.29) is 11.5 Å². The Hall–Kier alpha value is -1.16. The lowest BCUT2D eigenvalue weighted by Gasteiger charge is -2.29. The molecule has 1 unspecified atom stereocenters. The molecule has 0 aliphatic heterocycles. The van der Waals surface area contributed by atoms with E-state index >= 15 is 0 Å². The van der Waals surface area contributed by atoms with E-state index in [1.807, 2.05) is 0 Å². The predicted octanol–water partition coefficient (Wildman–Crippen LogP) is 3.90. The number of ether oxygens (including phenoxy) is 1. The molecule has 0 radical (unpaired) electrons. The second kappa shape index (κ2) is 7.02. The highest BCUT2D eigenvalue weighted by Crippen LogP contribution is 2.34. The maximum Gasteiger partial charge on any atom is 0.160 e. The molecule has 0 aliphatic carbocycles. The summed E-state index contributed by atoms with van der Waals surface area (Å²) >= 11 is 0. The van der Waals surface area contributed by atoms with Crippen LogP contribution in [-0.4, -0.2) is 23.6 Å². The van der Waals surface area contributed by atoms with Gasteiger partial charge in [-0.15, -0.1) is 0 Å². The summed E-state index contributed by atoms with van der Waals surface area (Å²) in [6.45, 7) is 13.7. The largest absolute Gasteiger partial charge is 0.373 e. The number of anilines is 1. The highest BCUT2D eigenvalue weighted by Gasteiger charge is 2.29. The van der Waals surface area contributed by atoms with Crippen molar-refractivity contribution >= 4 is 5.82 Å². The average molecular weight is 279 g/mol. The van der Waals surface area contributed by atoms with Gasteiger partial charge in [0.25, 0.3) is 0 Å². The minimum absolute atomic E-state index is 0.0307. The Morgan fingerprint density at radius 2 is 1.85 bits per heavy atom. The average Bonchev–Trinajstić information content (AvgIpc) is 2.37. The summed E-state index contributed by atoms with van der Waals surface area (Å²) in [5, 5.41) is 3.40. The molecule has 1 heterocycles. The molecule has 1 atom stereocenters. The Morgan fingerprint density at radius 3 is 2.30 bits per heavy atom. The first kappa shape index (κ1) is 16.9. The highest BCUT2D eigenvalue weighted by atomic mass is 16.5. The maximum absolute atomic E-state index is 5.65. The van der Waals surface area contributed by atoms with Crippen molar-refractivity contribution in [1.82, 2.24) is 9.97 Å². The van der Waals surface area contributed by atoms with Gasteiger partial charge in [0.05, 0.1) is 0 Å². The summed E-state index contributed by atoms with van der Waals surface area (Å²) in [4.78, 5) is 9.43. The van der Waals surface area contributed by atoms with Crippen molar-refractivity contribution in [2.45, 2.75) is 60.5 Å². The Labute approximate surface area is 123 Å². The van der Waals surface area contributed by atoms with Crippen molar-refractivity contribution in [3.8, 4) is 0 Å². The van der Waals surface area contributed by atoms with Crippen LogP contribution in [0.2, 0.25) is 0 Å². The first-order valence-corrected chi connectivity index (χ1v) is 7.49. The molecule has 0 amide bonds. The monoisotopic (exact) mass is 279 g/mol. The molecular weight excluding hydrogens is 250 g/mol. The zero-order valence-electron chi connectivity index (χ0n) is 14.0. The van der Waals surface area contributed by atoms with Crippen LogP contribution in [0.25, 0.3) is 0 Å². The van der Waals surface area contributed by atoms with E-state index in [9.17, 15) is 0 Å². The Bertz CT molecular complexity index is 438. The summed E-state index contributed by atoms with van der Waals surface area (Å²) in [6.07, 6.45) is 1.88. The van der Waals surface area contributed by atoms with E-state index in [2.05, 4.69) is 46.9 Å². The van der Waals surface area contributed by atoms with Gasteiger partial charge < -0.3 is 10.1 Å². The van der Waals surface area contributed by atoms with Gasteiger partial charge in [0.1, 0.15) is 11.9 Å². The van der Waals surface area contributed by atoms with Gasteiger partial charge in [-0.1, -0.05) is 34.6 Å². The van der Waals surface area contributed by atoms with Crippen molar-refractivity contribution < 1.29 is 4.74 Å². The molecular formula is C16H29N3O. The molecule has 4 nitrogen and oxygen atoms in total. The first-order chi connectivity index (χ1) is 9.35. The Kier molecular flexibility index (Phi) is 5.93. The second-order valence-electron chi connectivity index (χ2n) is 6.26. The molecule has 1 aromatic rings. The number of aromatic nitrogens is 2. The number of hydrogen-bond acceptors (Lipinski definition) is 4. The van der Waals surface area contributed by atoms with E-state index in [1.54, 1.807) is 7.11 Å². The van der Waals surface area contributed by atoms with Gasteiger partial charge >= 0.3 is 0 Å². The molecule has 0 aliphatic rings. The number of nitrogens with one attached hydrogen (secondary N) is 1. The zero-order chi connectivity index (χ0) is 15.3. The molecule has 0 spiro atoms. The van der Waals surface area contributed by atoms with Crippen molar-refractivity contribution in [3.63, 3.8) is 0 Å². The van der Waals surface area contributed by atoms with Crippen LogP contribution in [0.4, 0.5) is 5.82 Å². The molecule has 114 valence electrons. The van der Waals surface area contributed by atoms with Crippen LogP contribution in [0.5, 0.6) is 0 Å². The maximum atomic E-state index is 5.65. The normalized spacial score (nSPS) is 13.3. The molecule has 20 heavy (non-hydrogen) atoms. The van der Waals surface area contributed by atoms with Gasteiger partial charge in [0, 0.05) is 24.9 Å². The summed E-state index contributed by atoms with van der Waals surface area (Å²) < 4.78 is 5.65. The number of nitrogens with zero attached hydrogens (tertiary/aromatic N) is 2. The minimum atomic E-state index is -0.101. The minimum Gasteiger partial charge on any atom is -0.373 e. The summed E-state index contributed by atoms with van der Waals surface area (Å²) in [7, 11) is 1.73. The highest BCUT2D eigenvalue weighted by molar-refractivity contribution is 5.46. The van der Waals surface area contributed by atoms with Gasteiger partial charge in [-0.3, -0.25) is 0 Å². The summed E-state index contributed by atoms with van der Waals surface area (Å²) in [5.74, 6) is 1.72. The number of methoxy groups -OCH3 is 1. The number of hydrogen-bond donors (Lipinski definition) is 1. The quantitative estimate of drug-likeness (QED) is 0.858. The van der Waals surface area contributed by atoms with Crippen LogP contribution < -0.4 is 5.32 Å².